The number of carbonyl (C=O) groups is 1. The fourth-order valence-electron chi connectivity index (χ4n) is 3.30. The Balaban J connectivity index is 1.32. The van der Waals surface area contributed by atoms with Crippen molar-refractivity contribution in [1.29, 1.82) is 0 Å². The molecule has 1 aliphatic rings. The Kier molecular flexibility index (Phi) is 5.70. The molecule has 0 bridgehead atoms. The number of aromatic nitrogens is 2. The van der Waals surface area contributed by atoms with E-state index in [0.29, 0.717) is 11.4 Å². The van der Waals surface area contributed by atoms with Gasteiger partial charge in [0.1, 0.15) is 5.75 Å². The van der Waals surface area contributed by atoms with E-state index in [0.717, 1.165) is 35.7 Å². The average Bonchev–Trinajstić information content (AvgIpc) is 3.29. The van der Waals surface area contributed by atoms with E-state index in [1.165, 1.54) is 12.8 Å². The maximum absolute atomic E-state index is 12.1. The molecule has 0 saturated carbocycles. The number of nitrogens with one attached hydrogen (secondary N) is 1. The van der Waals surface area contributed by atoms with Gasteiger partial charge in [-0.15, -0.1) is 10.2 Å². The van der Waals surface area contributed by atoms with Crippen LogP contribution in [0.15, 0.2) is 60.7 Å². The van der Waals surface area contributed by atoms with Gasteiger partial charge in [0.2, 0.25) is 0 Å². The van der Waals surface area contributed by atoms with E-state index < -0.39 is 0 Å². The van der Waals surface area contributed by atoms with Crippen molar-refractivity contribution >= 4 is 17.4 Å². The lowest BCUT2D eigenvalue weighted by Crippen LogP contribution is -2.20. The molecule has 148 valence electrons. The number of hydrogen-bond acceptors (Lipinski definition) is 5. The fraction of sp³-hybridized carbons (Fsp3) is 0.261. The molecule has 1 N–H and O–H groups in total. The van der Waals surface area contributed by atoms with Crippen LogP contribution < -0.4 is 15.0 Å². The molecule has 2 heterocycles. The lowest BCUT2D eigenvalue weighted by Gasteiger charge is -2.15. The van der Waals surface area contributed by atoms with Crippen LogP contribution in [0.1, 0.15) is 18.4 Å². The molecule has 0 aliphatic carbocycles. The topological polar surface area (TPSA) is 67.3 Å². The third-order valence-corrected chi connectivity index (χ3v) is 4.94. The van der Waals surface area contributed by atoms with Crippen molar-refractivity contribution in [1.82, 2.24) is 10.2 Å². The summed E-state index contributed by atoms with van der Waals surface area (Å²) in [6, 6.07) is 19.2. The zero-order chi connectivity index (χ0) is 20.1. The molecule has 6 nitrogen and oxygen atoms in total. The minimum Gasteiger partial charge on any atom is -0.484 e. The van der Waals surface area contributed by atoms with Crippen molar-refractivity contribution < 1.29 is 9.53 Å². The first kappa shape index (κ1) is 18.9. The highest BCUT2D eigenvalue weighted by Crippen LogP contribution is 2.22. The predicted molar refractivity (Wildman–Crippen MR) is 114 cm³/mol. The second-order valence-corrected chi connectivity index (χ2v) is 7.20. The average molecular weight is 388 g/mol. The van der Waals surface area contributed by atoms with Gasteiger partial charge in [0, 0.05) is 24.3 Å². The van der Waals surface area contributed by atoms with Crippen LogP contribution >= 0.6 is 0 Å². The molecule has 0 spiro atoms. The summed E-state index contributed by atoms with van der Waals surface area (Å²) >= 11 is 0. The third kappa shape index (κ3) is 4.90. The molecule has 1 aromatic heterocycles. The molecule has 1 aliphatic heterocycles. The molecular formula is C23H24N4O2. The maximum Gasteiger partial charge on any atom is 0.262 e. The summed E-state index contributed by atoms with van der Waals surface area (Å²) in [6.07, 6.45) is 2.43. The highest BCUT2D eigenvalue weighted by Gasteiger charge is 2.14. The standard InChI is InChI=1S/C23H24N4O2/c1-17-4-10-20(11-5-17)29-16-23(28)24-19-8-6-18(7-9-19)21-12-13-22(26-25-21)27-14-2-3-15-27/h4-13H,2-3,14-16H2,1H3,(H,24,28). The van der Waals surface area contributed by atoms with E-state index >= 15 is 0 Å². The first-order valence-electron chi connectivity index (χ1n) is 9.86. The first-order chi connectivity index (χ1) is 14.2. The highest BCUT2D eigenvalue weighted by atomic mass is 16.5. The normalized spacial score (nSPS) is 13.3. The quantitative estimate of drug-likeness (QED) is 0.689. The molecule has 3 aromatic rings. The molecule has 6 heteroatoms. The van der Waals surface area contributed by atoms with Crippen LogP contribution in [0.4, 0.5) is 11.5 Å². The summed E-state index contributed by atoms with van der Waals surface area (Å²) in [5.41, 5.74) is 3.64. The van der Waals surface area contributed by atoms with Crippen LogP contribution in [0.25, 0.3) is 11.3 Å². The zero-order valence-corrected chi connectivity index (χ0v) is 16.5. The van der Waals surface area contributed by atoms with E-state index in [2.05, 4.69) is 20.4 Å². The number of ether oxygens (including phenoxy) is 1. The Labute approximate surface area is 170 Å². The van der Waals surface area contributed by atoms with Gasteiger partial charge in [0.25, 0.3) is 5.91 Å². The SMILES string of the molecule is Cc1ccc(OCC(=O)Nc2ccc(-c3ccc(N4CCCC4)nn3)cc2)cc1. The highest BCUT2D eigenvalue weighted by molar-refractivity contribution is 5.92. The number of anilines is 2. The number of rotatable bonds is 6. The van der Waals surface area contributed by atoms with Crippen molar-refractivity contribution in [3.05, 3.63) is 66.2 Å². The van der Waals surface area contributed by atoms with Crippen molar-refractivity contribution in [2.75, 3.05) is 29.9 Å². The minimum atomic E-state index is -0.201. The van der Waals surface area contributed by atoms with E-state index in [4.69, 9.17) is 4.74 Å². The molecule has 0 radical (unpaired) electrons. The van der Waals surface area contributed by atoms with Crippen LogP contribution in [0, 0.1) is 6.92 Å². The molecule has 1 fully saturated rings. The largest absolute Gasteiger partial charge is 0.484 e. The van der Waals surface area contributed by atoms with Crippen LogP contribution in [-0.4, -0.2) is 35.8 Å². The van der Waals surface area contributed by atoms with Crippen LogP contribution in [0.5, 0.6) is 5.75 Å². The summed E-state index contributed by atoms with van der Waals surface area (Å²) in [5.74, 6) is 1.41. The molecule has 0 atom stereocenters. The number of carbonyl (C=O) groups excluding carboxylic acids is 1. The Morgan fingerprint density at radius 3 is 2.34 bits per heavy atom. The van der Waals surface area contributed by atoms with E-state index in [-0.39, 0.29) is 12.5 Å². The molecular weight excluding hydrogens is 364 g/mol. The molecule has 1 amide bonds. The van der Waals surface area contributed by atoms with Gasteiger partial charge >= 0.3 is 0 Å². The smallest absolute Gasteiger partial charge is 0.262 e. The van der Waals surface area contributed by atoms with Gasteiger partial charge in [0.15, 0.2) is 12.4 Å². The number of amides is 1. The zero-order valence-electron chi connectivity index (χ0n) is 16.5. The Morgan fingerprint density at radius 1 is 0.966 bits per heavy atom. The monoisotopic (exact) mass is 388 g/mol. The Hall–Kier alpha value is -3.41. The maximum atomic E-state index is 12.1. The summed E-state index contributed by atoms with van der Waals surface area (Å²) in [7, 11) is 0. The molecule has 0 unspecified atom stereocenters. The van der Waals surface area contributed by atoms with Gasteiger partial charge in [-0.05, 0) is 56.2 Å². The van der Waals surface area contributed by atoms with Crippen LogP contribution in [0.3, 0.4) is 0 Å². The van der Waals surface area contributed by atoms with Gasteiger partial charge in [-0.25, -0.2) is 0 Å². The molecule has 1 saturated heterocycles. The fourth-order valence-corrected chi connectivity index (χ4v) is 3.30. The summed E-state index contributed by atoms with van der Waals surface area (Å²) < 4.78 is 5.51. The number of hydrogen-bond donors (Lipinski definition) is 1. The van der Waals surface area contributed by atoms with Crippen LogP contribution in [0.2, 0.25) is 0 Å². The van der Waals surface area contributed by atoms with E-state index in [9.17, 15) is 4.79 Å². The van der Waals surface area contributed by atoms with Crippen molar-refractivity contribution in [3.63, 3.8) is 0 Å². The van der Waals surface area contributed by atoms with E-state index in [1.807, 2.05) is 67.6 Å². The van der Waals surface area contributed by atoms with Crippen LogP contribution in [-0.2, 0) is 4.79 Å². The Bertz CT molecular complexity index is 948. The molecule has 4 rings (SSSR count). The van der Waals surface area contributed by atoms with Gasteiger partial charge in [0.05, 0.1) is 5.69 Å². The van der Waals surface area contributed by atoms with Gasteiger partial charge in [-0.3, -0.25) is 4.79 Å². The second kappa shape index (κ2) is 8.73. The summed E-state index contributed by atoms with van der Waals surface area (Å²) in [5, 5.41) is 11.6. The van der Waals surface area contributed by atoms with Gasteiger partial charge in [-0.2, -0.15) is 0 Å². The lowest BCUT2D eigenvalue weighted by molar-refractivity contribution is -0.118. The summed E-state index contributed by atoms with van der Waals surface area (Å²) in [6.45, 7) is 4.08. The lowest BCUT2D eigenvalue weighted by atomic mass is 10.1. The molecule has 29 heavy (non-hydrogen) atoms. The number of nitrogens with zero attached hydrogens (tertiary/aromatic N) is 3. The first-order valence-corrected chi connectivity index (χ1v) is 9.86. The van der Waals surface area contributed by atoms with E-state index in [1.54, 1.807) is 0 Å². The van der Waals surface area contributed by atoms with Crippen molar-refractivity contribution in [2.24, 2.45) is 0 Å². The molecule has 2 aromatic carbocycles. The van der Waals surface area contributed by atoms with Gasteiger partial charge in [-0.1, -0.05) is 29.8 Å². The Morgan fingerprint density at radius 2 is 1.69 bits per heavy atom. The number of aryl methyl sites for hydroxylation is 1. The van der Waals surface area contributed by atoms with Crippen molar-refractivity contribution in [3.8, 4) is 17.0 Å². The third-order valence-electron chi connectivity index (χ3n) is 4.94. The summed E-state index contributed by atoms with van der Waals surface area (Å²) in [4.78, 5) is 14.4. The van der Waals surface area contributed by atoms with Gasteiger partial charge < -0.3 is 15.0 Å². The predicted octanol–water partition coefficient (Wildman–Crippen LogP) is 4.07. The minimum absolute atomic E-state index is 0.0335. The van der Waals surface area contributed by atoms with Crippen molar-refractivity contribution in [2.45, 2.75) is 19.8 Å². The second-order valence-electron chi connectivity index (χ2n) is 7.20. The number of benzene rings is 2.